The standard InChI is InChI=1S/C16H21ClN6O/c1-10-7-23(8-11(2)24-10)13-4-3-12(5-19-13)6-20-16-14(17)15(18)21-9-22-16/h3-5,9-11H,6-8H2,1-2H3,(H3,18,20,21,22)/t10-,11-/m0/s1. The van der Waals surface area contributed by atoms with E-state index < -0.39 is 0 Å². The Hall–Kier alpha value is -2.12. The van der Waals surface area contributed by atoms with Crippen LogP contribution in [0.5, 0.6) is 0 Å². The molecule has 24 heavy (non-hydrogen) atoms. The van der Waals surface area contributed by atoms with E-state index in [4.69, 9.17) is 22.1 Å². The second kappa shape index (κ2) is 7.19. The number of nitrogen functional groups attached to an aromatic ring is 1. The van der Waals surface area contributed by atoms with Crippen molar-refractivity contribution in [1.29, 1.82) is 0 Å². The SMILES string of the molecule is C[C@H]1CN(c2ccc(CNc3ncnc(N)c3Cl)cn2)C[C@H](C)O1. The summed E-state index contributed by atoms with van der Waals surface area (Å²) in [4.78, 5) is 14.7. The number of nitrogens with two attached hydrogens (primary N) is 1. The fraction of sp³-hybridized carbons (Fsp3) is 0.438. The molecule has 0 unspecified atom stereocenters. The molecule has 3 rings (SSSR count). The molecule has 0 aromatic carbocycles. The quantitative estimate of drug-likeness (QED) is 0.876. The second-order valence-electron chi connectivity index (χ2n) is 5.96. The molecule has 128 valence electrons. The third-order valence-corrected chi connectivity index (χ3v) is 4.20. The molecular formula is C16H21ClN6O. The number of hydrogen-bond acceptors (Lipinski definition) is 7. The van der Waals surface area contributed by atoms with Gasteiger partial charge in [0.15, 0.2) is 5.82 Å². The summed E-state index contributed by atoms with van der Waals surface area (Å²) in [5.74, 6) is 1.74. The predicted octanol–water partition coefficient (Wildman–Crippen LogP) is 2.33. The van der Waals surface area contributed by atoms with Crippen molar-refractivity contribution in [2.75, 3.05) is 29.0 Å². The summed E-state index contributed by atoms with van der Waals surface area (Å²) in [6, 6.07) is 4.07. The van der Waals surface area contributed by atoms with Crippen LogP contribution in [0.4, 0.5) is 17.5 Å². The first kappa shape index (κ1) is 16.7. The van der Waals surface area contributed by atoms with Crippen LogP contribution >= 0.6 is 11.6 Å². The Kier molecular flexibility index (Phi) is 5.01. The Morgan fingerprint density at radius 2 is 2.00 bits per heavy atom. The van der Waals surface area contributed by atoms with E-state index in [2.05, 4.69) is 39.0 Å². The number of halogens is 1. The van der Waals surface area contributed by atoms with E-state index in [1.54, 1.807) is 0 Å². The Morgan fingerprint density at radius 1 is 1.25 bits per heavy atom. The Labute approximate surface area is 146 Å². The minimum atomic E-state index is 0.210. The van der Waals surface area contributed by atoms with Gasteiger partial charge in [-0.3, -0.25) is 0 Å². The van der Waals surface area contributed by atoms with Crippen LogP contribution in [-0.4, -0.2) is 40.2 Å². The fourth-order valence-corrected chi connectivity index (χ4v) is 2.93. The largest absolute Gasteiger partial charge is 0.382 e. The average molecular weight is 349 g/mol. The van der Waals surface area contributed by atoms with Crippen molar-refractivity contribution in [3.8, 4) is 0 Å². The van der Waals surface area contributed by atoms with Crippen LogP contribution in [0.1, 0.15) is 19.4 Å². The highest BCUT2D eigenvalue weighted by Crippen LogP contribution is 2.24. The lowest BCUT2D eigenvalue weighted by atomic mass is 10.2. The molecule has 0 amide bonds. The number of anilines is 3. The Balaban J connectivity index is 1.63. The highest BCUT2D eigenvalue weighted by atomic mass is 35.5. The van der Waals surface area contributed by atoms with E-state index in [9.17, 15) is 0 Å². The smallest absolute Gasteiger partial charge is 0.150 e. The number of nitrogens with zero attached hydrogens (tertiary/aromatic N) is 4. The predicted molar refractivity (Wildman–Crippen MR) is 95.2 cm³/mol. The monoisotopic (exact) mass is 348 g/mol. The zero-order chi connectivity index (χ0) is 17.1. The lowest BCUT2D eigenvalue weighted by molar-refractivity contribution is -0.00545. The summed E-state index contributed by atoms with van der Waals surface area (Å²) in [5, 5.41) is 3.48. The highest BCUT2D eigenvalue weighted by molar-refractivity contribution is 6.35. The normalized spacial score (nSPS) is 20.9. The summed E-state index contributed by atoms with van der Waals surface area (Å²) in [5.41, 5.74) is 6.69. The van der Waals surface area contributed by atoms with E-state index in [-0.39, 0.29) is 18.0 Å². The van der Waals surface area contributed by atoms with Gasteiger partial charge < -0.3 is 20.7 Å². The summed E-state index contributed by atoms with van der Waals surface area (Å²) < 4.78 is 5.76. The first-order chi connectivity index (χ1) is 11.5. The molecule has 0 spiro atoms. The number of pyridine rings is 1. The van der Waals surface area contributed by atoms with Crippen molar-refractivity contribution in [1.82, 2.24) is 15.0 Å². The van der Waals surface area contributed by atoms with Crippen LogP contribution in [-0.2, 0) is 11.3 Å². The van der Waals surface area contributed by atoms with Crippen molar-refractivity contribution in [3.63, 3.8) is 0 Å². The Morgan fingerprint density at radius 3 is 2.67 bits per heavy atom. The van der Waals surface area contributed by atoms with Crippen molar-refractivity contribution >= 4 is 29.1 Å². The topological polar surface area (TPSA) is 89.2 Å². The van der Waals surface area contributed by atoms with Crippen LogP contribution in [0.3, 0.4) is 0 Å². The lowest BCUT2D eigenvalue weighted by Crippen LogP contribution is -2.45. The maximum absolute atomic E-state index is 6.07. The van der Waals surface area contributed by atoms with Crippen molar-refractivity contribution in [2.45, 2.75) is 32.6 Å². The molecule has 0 saturated carbocycles. The van der Waals surface area contributed by atoms with Crippen molar-refractivity contribution < 1.29 is 4.74 Å². The van der Waals surface area contributed by atoms with E-state index in [1.165, 1.54) is 6.33 Å². The van der Waals surface area contributed by atoms with Crippen LogP contribution in [0, 0.1) is 0 Å². The summed E-state index contributed by atoms with van der Waals surface area (Å²) >= 11 is 6.07. The molecule has 3 N–H and O–H groups in total. The Bertz CT molecular complexity index is 685. The molecule has 1 saturated heterocycles. The third-order valence-electron chi connectivity index (χ3n) is 3.83. The molecule has 0 aliphatic carbocycles. The molecule has 7 nitrogen and oxygen atoms in total. The van der Waals surface area contributed by atoms with Gasteiger partial charge in [-0.2, -0.15) is 0 Å². The first-order valence-electron chi connectivity index (χ1n) is 7.88. The van der Waals surface area contributed by atoms with E-state index >= 15 is 0 Å². The molecular weight excluding hydrogens is 328 g/mol. The van der Waals surface area contributed by atoms with Gasteiger partial charge in [-0.1, -0.05) is 17.7 Å². The van der Waals surface area contributed by atoms with E-state index in [0.29, 0.717) is 17.4 Å². The lowest BCUT2D eigenvalue weighted by Gasteiger charge is -2.36. The zero-order valence-corrected chi connectivity index (χ0v) is 14.5. The van der Waals surface area contributed by atoms with Gasteiger partial charge in [-0.25, -0.2) is 15.0 Å². The van der Waals surface area contributed by atoms with Gasteiger partial charge in [0.2, 0.25) is 0 Å². The molecule has 0 radical (unpaired) electrons. The molecule has 0 bridgehead atoms. The van der Waals surface area contributed by atoms with Gasteiger partial charge in [0.05, 0.1) is 12.2 Å². The maximum atomic E-state index is 6.07. The maximum Gasteiger partial charge on any atom is 0.150 e. The number of ether oxygens (including phenoxy) is 1. The van der Waals surface area contributed by atoms with E-state index in [1.807, 2.05) is 18.3 Å². The first-order valence-corrected chi connectivity index (χ1v) is 8.26. The van der Waals surface area contributed by atoms with Gasteiger partial charge in [-0.05, 0) is 25.5 Å². The minimum absolute atomic E-state index is 0.210. The molecule has 1 fully saturated rings. The van der Waals surface area contributed by atoms with Crippen LogP contribution in [0.25, 0.3) is 0 Å². The molecule has 8 heteroatoms. The van der Waals surface area contributed by atoms with Crippen LogP contribution in [0.15, 0.2) is 24.7 Å². The molecule has 2 aromatic rings. The summed E-state index contributed by atoms with van der Waals surface area (Å²) in [7, 11) is 0. The number of hydrogen-bond donors (Lipinski definition) is 2. The number of aromatic nitrogens is 3. The van der Waals surface area contributed by atoms with Gasteiger partial charge in [0.25, 0.3) is 0 Å². The number of rotatable bonds is 4. The van der Waals surface area contributed by atoms with Gasteiger partial charge in [0.1, 0.15) is 23.0 Å². The summed E-state index contributed by atoms with van der Waals surface area (Å²) in [6.45, 7) is 6.42. The van der Waals surface area contributed by atoms with Crippen LogP contribution < -0.4 is 16.0 Å². The molecule has 2 aromatic heterocycles. The van der Waals surface area contributed by atoms with E-state index in [0.717, 1.165) is 24.5 Å². The average Bonchev–Trinajstić information content (AvgIpc) is 2.56. The minimum Gasteiger partial charge on any atom is -0.382 e. The van der Waals surface area contributed by atoms with Gasteiger partial charge >= 0.3 is 0 Å². The van der Waals surface area contributed by atoms with Gasteiger partial charge in [0, 0.05) is 25.8 Å². The second-order valence-corrected chi connectivity index (χ2v) is 6.34. The van der Waals surface area contributed by atoms with Gasteiger partial charge in [-0.15, -0.1) is 0 Å². The molecule has 3 heterocycles. The highest BCUT2D eigenvalue weighted by Gasteiger charge is 2.22. The molecule has 1 aliphatic rings. The molecule has 1 aliphatic heterocycles. The zero-order valence-electron chi connectivity index (χ0n) is 13.7. The van der Waals surface area contributed by atoms with Crippen molar-refractivity contribution in [3.05, 3.63) is 35.2 Å². The van der Waals surface area contributed by atoms with Crippen LogP contribution in [0.2, 0.25) is 5.02 Å². The van der Waals surface area contributed by atoms with Crippen molar-refractivity contribution in [2.24, 2.45) is 0 Å². The summed E-state index contributed by atoms with van der Waals surface area (Å²) in [6.07, 6.45) is 3.65. The number of nitrogens with one attached hydrogen (secondary N) is 1. The fourth-order valence-electron chi connectivity index (χ4n) is 2.77. The molecule has 2 atom stereocenters. The number of morpholine rings is 1. The third kappa shape index (κ3) is 3.85.